The molecule has 21 heavy (non-hydrogen) atoms. The molecule has 0 aliphatic carbocycles. The Morgan fingerprint density at radius 1 is 1.33 bits per heavy atom. The fourth-order valence-electron chi connectivity index (χ4n) is 2.29. The van der Waals surface area contributed by atoms with E-state index in [1.165, 1.54) is 6.92 Å². The highest BCUT2D eigenvalue weighted by Crippen LogP contribution is 2.35. The normalized spacial score (nSPS) is 15.0. The fraction of sp³-hybridized carbons (Fsp3) is 0.167. The van der Waals surface area contributed by atoms with Gasteiger partial charge in [-0.25, -0.2) is 5.06 Å². The SMILES string of the molecule is C=CCON1C(=C)C(C(C)=O)=CC(C)=C1c1ccccc1. The van der Waals surface area contributed by atoms with Gasteiger partial charge in [0.25, 0.3) is 0 Å². The van der Waals surface area contributed by atoms with Crippen molar-refractivity contribution in [3.8, 4) is 0 Å². The topological polar surface area (TPSA) is 29.5 Å². The van der Waals surface area contributed by atoms with Crippen molar-refractivity contribution in [2.24, 2.45) is 0 Å². The summed E-state index contributed by atoms with van der Waals surface area (Å²) in [7, 11) is 0. The molecule has 3 nitrogen and oxygen atoms in total. The molecule has 0 amide bonds. The van der Waals surface area contributed by atoms with E-state index in [1.807, 2.05) is 43.3 Å². The first-order valence-electron chi connectivity index (χ1n) is 6.78. The maximum absolute atomic E-state index is 11.8. The molecule has 0 radical (unpaired) electrons. The summed E-state index contributed by atoms with van der Waals surface area (Å²) in [6.45, 7) is 11.5. The van der Waals surface area contributed by atoms with Crippen molar-refractivity contribution in [2.75, 3.05) is 6.61 Å². The van der Waals surface area contributed by atoms with Crippen molar-refractivity contribution >= 4 is 11.5 Å². The van der Waals surface area contributed by atoms with Crippen LogP contribution in [0.5, 0.6) is 0 Å². The van der Waals surface area contributed by atoms with Gasteiger partial charge in [0, 0.05) is 11.1 Å². The van der Waals surface area contributed by atoms with Gasteiger partial charge in [-0.3, -0.25) is 9.63 Å². The Bertz CT molecular complexity index is 638. The number of hydrogen-bond acceptors (Lipinski definition) is 3. The predicted molar refractivity (Wildman–Crippen MR) is 84.9 cm³/mol. The van der Waals surface area contributed by atoms with E-state index in [4.69, 9.17) is 4.84 Å². The zero-order chi connectivity index (χ0) is 15.4. The third-order valence-electron chi connectivity index (χ3n) is 3.24. The van der Waals surface area contributed by atoms with E-state index < -0.39 is 0 Å². The molecule has 0 atom stereocenters. The molecular weight excluding hydrogens is 262 g/mol. The molecule has 1 heterocycles. The molecule has 1 aromatic carbocycles. The monoisotopic (exact) mass is 281 g/mol. The van der Waals surface area contributed by atoms with Gasteiger partial charge in [-0.1, -0.05) is 43.0 Å². The summed E-state index contributed by atoms with van der Waals surface area (Å²) in [5, 5.41) is 1.63. The van der Waals surface area contributed by atoms with E-state index in [1.54, 1.807) is 11.1 Å². The van der Waals surface area contributed by atoms with Crippen LogP contribution in [0.1, 0.15) is 19.4 Å². The van der Waals surface area contributed by atoms with E-state index in [2.05, 4.69) is 13.2 Å². The Morgan fingerprint density at radius 3 is 2.57 bits per heavy atom. The van der Waals surface area contributed by atoms with Crippen LogP contribution >= 0.6 is 0 Å². The minimum Gasteiger partial charge on any atom is -0.294 e. The predicted octanol–water partition coefficient (Wildman–Crippen LogP) is 3.88. The highest BCUT2D eigenvalue weighted by molar-refractivity contribution is 5.99. The Labute approximate surface area is 125 Å². The summed E-state index contributed by atoms with van der Waals surface area (Å²) < 4.78 is 0. The van der Waals surface area contributed by atoms with Gasteiger partial charge in [-0.15, -0.1) is 6.58 Å². The van der Waals surface area contributed by atoms with Crippen LogP contribution in [0.2, 0.25) is 0 Å². The largest absolute Gasteiger partial charge is 0.294 e. The molecule has 0 bridgehead atoms. The number of nitrogens with zero attached hydrogens (tertiary/aromatic N) is 1. The number of carbonyl (C=O) groups excluding carboxylic acids is 1. The zero-order valence-corrected chi connectivity index (χ0v) is 12.4. The van der Waals surface area contributed by atoms with Gasteiger partial charge in [-0.2, -0.15) is 0 Å². The van der Waals surface area contributed by atoms with E-state index >= 15 is 0 Å². The maximum atomic E-state index is 11.8. The van der Waals surface area contributed by atoms with Crippen LogP contribution in [0.3, 0.4) is 0 Å². The number of carbonyl (C=O) groups is 1. The van der Waals surface area contributed by atoms with Crippen molar-refractivity contribution in [2.45, 2.75) is 13.8 Å². The van der Waals surface area contributed by atoms with Gasteiger partial charge < -0.3 is 0 Å². The van der Waals surface area contributed by atoms with Gasteiger partial charge in [0.1, 0.15) is 0 Å². The summed E-state index contributed by atoms with van der Waals surface area (Å²) in [5.74, 6) is -0.0290. The van der Waals surface area contributed by atoms with Crippen LogP contribution in [0.4, 0.5) is 0 Å². The molecule has 3 heteroatoms. The number of benzene rings is 1. The number of Topliss-reactive ketones (excluding diaryl/α,β-unsaturated/α-hetero) is 1. The van der Waals surface area contributed by atoms with E-state index in [0.717, 1.165) is 16.8 Å². The molecule has 0 aromatic heterocycles. The van der Waals surface area contributed by atoms with Gasteiger partial charge in [0.2, 0.25) is 0 Å². The van der Waals surface area contributed by atoms with Crippen LogP contribution in [0, 0.1) is 0 Å². The second kappa shape index (κ2) is 6.37. The maximum Gasteiger partial charge on any atom is 0.161 e. The van der Waals surface area contributed by atoms with Gasteiger partial charge >= 0.3 is 0 Å². The smallest absolute Gasteiger partial charge is 0.161 e. The van der Waals surface area contributed by atoms with Crippen molar-refractivity contribution in [1.82, 2.24) is 5.06 Å². The Morgan fingerprint density at radius 2 is 2.00 bits per heavy atom. The van der Waals surface area contributed by atoms with Crippen LogP contribution in [0.15, 0.2) is 72.5 Å². The average Bonchev–Trinajstić information content (AvgIpc) is 2.48. The quantitative estimate of drug-likeness (QED) is 0.767. The highest BCUT2D eigenvalue weighted by Gasteiger charge is 2.26. The van der Waals surface area contributed by atoms with Crippen LogP contribution in [-0.4, -0.2) is 17.5 Å². The molecule has 108 valence electrons. The fourth-order valence-corrected chi connectivity index (χ4v) is 2.29. The molecule has 1 aliphatic rings. The first kappa shape index (κ1) is 15.0. The highest BCUT2D eigenvalue weighted by atomic mass is 16.7. The van der Waals surface area contributed by atoms with Crippen LogP contribution < -0.4 is 0 Å². The van der Waals surface area contributed by atoms with E-state index in [0.29, 0.717) is 17.9 Å². The molecular formula is C18H19NO2. The minimum atomic E-state index is -0.0290. The molecule has 1 aliphatic heterocycles. The van der Waals surface area contributed by atoms with Crippen LogP contribution in [-0.2, 0) is 9.63 Å². The Balaban J connectivity index is 2.54. The molecule has 0 N–H and O–H groups in total. The van der Waals surface area contributed by atoms with Crippen molar-refractivity contribution in [3.05, 3.63) is 78.0 Å². The van der Waals surface area contributed by atoms with Gasteiger partial charge in [-0.05, 0) is 25.5 Å². The number of hydroxylamine groups is 2. The summed E-state index contributed by atoms with van der Waals surface area (Å²) >= 11 is 0. The van der Waals surface area contributed by atoms with Crippen molar-refractivity contribution in [3.63, 3.8) is 0 Å². The van der Waals surface area contributed by atoms with E-state index in [9.17, 15) is 4.79 Å². The summed E-state index contributed by atoms with van der Waals surface area (Å²) in [6, 6.07) is 9.90. The van der Waals surface area contributed by atoms with Crippen molar-refractivity contribution < 1.29 is 9.63 Å². The number of ketones is 1. The second-order valence-electron chi connectivity index (χ2n) is 4.84. The summed E-state index contributed by atoms with van der Waals surface area (Å²) in [4.78, 5) is 17.5. The first-order valence-corrected chi connectivity index (χ1v) is 6.78. The lowest BCUT2D eigenvalue weighted by Crippen LogP contribution is -2.28. The summed E-state index contributed by atoms with van der Waals surface area (Å²) in [5.41, 5.74) is 3.99. The lowest BCUT2D eigenvalue weighted by molar-refractivity contribution is -0.114. The molecule has 0 unspecified atom stereocenters. The molecule has 0 spiro atoms. The molecule has 1 aromatic rings. The van der Waals surface area contributed by atoms with Gasteiger partial charge in [0.05, 0.1) is 18.0 Å². The van der Waals surface area contributed by atoms with Crippen LogP contribution in [0.25, 0.3) is 5.70 Å². The van der Waals surface area contributed by atoms with E-state index in [-0.39, 0.29) is 5.78 Å². The second-order valence-corrected chi connectivity index (χ2v) is 4.84. The number of allylic oxidation sites excluding steroid dienone is 3. The Hall–Kier alpha value is -2.39. The average molecular weight is 281 g/mol. The standard InChI is InChI=1S/C18H19NO2/c1-5-11-21-19-14(3)17(15(4)20)12-13(2)18(19)16-9-7-6-8-10-16/h5-10,12H,1,3,11H2,2,4H3. The summed E-state index contributed by atoms with van der Waals surface area (Å²) in [6.07, 6.45) is 3.53. The third kappa shape index (κ3) is 3.03. The zero-order valence-electron chi connectivity index (χ0n) is 12.4. The molecule has 2 rings (SSSR count). The lowest BCUT2D eigenvalue weighted by Gasteiger charge is -2.33. The van der Waals surface area contributed by atoms with Crippen molar-refractivity contribution in [1.29, 1.82) is 0 Å². The molecule has 0 fully saturated rings. The third-order valence-corrected chi connectivity index (χ3v) is 3.24. The molecule has 0 saturated carbocycles. The number of hydrogen-bond donors (Lipinski definition) is 0. The Kier molecular flexibility index (Phi) is 4.55. The molecule has 0 saturated heterocycles. The van der Waals surface area contributed by atoms with Gasteiger partial charge in [0.15, 0.2) is 5.78 Å². The number of rotatable bonds is 5. The first-order chi connectivity index (χ1) is 10.1. The lowest BCUT2D eigenvalue weighted by atomic mass is 9.97. The minimum absolute atomic E-state index is 0.0290.